The van der Waals surface area contributed by atoms with Crippen LogP contribution in [0.5, 0.6) is 0 Å². The zero-order chi connectivity index (χ0) is 17.5. The molecule has 0 aliphatic heterocycles. The van der Waals surface area contributed by atoms with Crippen molar-refractivity contribution >= 4 is 39.6 Å². The molecule has 2 rings (SSSR count). The predicted molar refractivity (Wildman–Crippen MR) is 104 cm³/mol. The fourth-order valence-electron chi connectivity index (χ4n) is 2.35. The van der Waals surface area contributed by atoms with Crippen molar-refractivity contribution in [2.45, 2.75) is 26.7 Å². The summed E-state index contributed by atoms with van der Waals surface area (Å²) in [4.78, 5) is 13.0. The molecule has 0 radical (unpaired) electrons. The van der Waals surface area contributed by atoms with Crippen LogP contribution in [-0.4, -0.2) is 24.7 Å². The summed E-state index contributed by atoms with van der Waals surface area (Å²) >= 11 is 6.84. The van der Waals surface area contributed by atoms with Gasteiger partial charge in [-0.1, -0.05) is 30.3 Å². The summed E-state index contributed by atoms with van der Waals surface area (Å²) in [6.07, 6.45) is 1.99. The van der Waals surface area contributed by atoms with E-state index >= 15 is 0 Å². The molecule has 24 heavy (non-hydrogen) atoms. The maximum absolute atomic E-state index is 11.9. The lowest BCUT2D eigenvalue weighted by Crippen LogP contribution is -2.29. The molecule has 2 aromatic rings. The van der Waals surface area contributed by atoms with Crippen molar-refractivity contribution in [1.29, 1.82) is 0 Å². The first-order valence-corrected chi connectivity index (χ1v) is 9.02. The van der Waals surface area contributed by atoms with E-state index in [0.29, 0.717) is 10.7 Å². The molecule has 1 aromatic heterocycles. The Kier molecular flexibility index (Phi) is 6.75. The molecule has 0 aliphatic carbocycles. The number of esters is 1. The van der Waals surface area contributed by atoms with Crippen LogP contribution in [0.25, 0.3) is 0 Å². The van der Waals surface area contributed by atoms with E-state index in [4.69, 9.17) is 17.0 Å². The number of ether oxygens (including phenoxy) is 1. The number of rotatable bonds is 6. The second-order valence-electron chi connectivity index (χ2n) is 5.45. The summed E-state index contributed by atoms with van der Waals surface area (Å²) in [6.45, 7) is 4.67. The molecule has 2 N–H and O–H groups in total. The third-order valence-corrected chi connectivity index (χ3v) is 5.14. The van der Waals surface area contributed by atoms with Crippen molar-refractivity contribution in [3.63, 3.8) is 0 Å². The fourth-order valence-corrected chi connectivity index (χ4v) is 3.67. The first kappa shape index (κ1) is 18.4. The van der Waals surface area contributed by atoms with Gasteiger partial charge in [-0.15, -0.1) is 11.3 Å². The Bertz CT molecular complexity index is 711. The molecule has 0 saturated heterocycles. The molecule has 1 aromatic carbocycles. The van der Waals surface area contributed by atoms with E-state index in [0.717, 1.165) is 34.8 Å². The fraction of sp³-hybridized carbons (Fsp3) is 0.333. The van der Waals surface area contributed by atoms with E-state index < -0.39 is 0 Å². The van der Waals surface area contributed by atoms with Gasteiger partial charge in [0.05, 0.1) is 12.7 Å². The van der Waals surface area contributed by atoms with Crippen LogP contribution in [0.15, 0.2) is 30.3 Å². The second kappa shape index (κ2) is 8.80. The zero-order valence-electron chi connectivity index (χ0n) is 14.1. The average molecular weight is 363 g/mol. The molecule has 4 nitrogen and oxygen atoms in total. The van der Waals surface area contributed by atoms with Gasteiger partial charge in [0.1, 0.15) is 5.00 Å². The maximum atomic E-state index is 11.9. The van der Waals surface area contributed by atoms with Crippen LogP contribution < -0.4 is 10.6 Å². The van der Waals surface area contributed by atoms with Gasteiger partial charge in [0.25, 0.3) is 0 Å². The number of thiophene rings is 1. The SMILES string of the molecule is COC(=O)c1c(NC(=S)NCCCc2ccccc2)sc(C)c1C. The van der Waals surface area contributed by atoms with Crippen LogP contribution in [0.4, 0.5) is 5.00 Å². The zero-order valence-corrected chi connectivity index (χ0v) is 15.8. The lowest BCUT2D eigenvalue weighted by molar-refractivity contribution is 0.0601. The van der Waals surface area contributed by atoms with Gasteiger partial charge in [0.2, 0.25) is 0 Å². The smallest absolute Gasteiger partial charge is 0.341 e. The van der Waals surface area contributed by atoms with Crippen molar-refractivity contribution in [2.24, 2.45) is 0 Å². The molecule has 0 saturated carbocycles. The standard InChI is InChI=1S/C18H22N2O2S2/c1-12-13(2)24-16(15(12)17(21)22-3)20-18(23)19-11-7-10-14-8-5-4-6-9-14/h4-6,8-9H,7,10-11H2,1-3H3,(H2,19,20,23). The quantitative estimate of drug-likeness (QED) is 0.461. The van der Waals surface area contributed by atoms with E-state index in [1.54, 1.807) is 0 Å². The molecule has 0 spiro atoms. The molecule has 0 bridgehead atoms. The lowest BCUT2D eigenvalue weighted by Gasteiger charge is -2.10. The highest BCUT2D eigenvalue weighted by Gasteiger charge is 2.20. The molecule has 6 heteroatoms. The van der Waals surface area contributed by atoms with Gasteiger partial charge >= 0.3 is 5.97 Å². The molecule has 128 valence electrons. The van der Waals surface area contributed by atoms with Gasteiger partial charge in [0, 0.05) is 11.4 Å². The van der Waals surface area contributed by atoms with Crippen LogP contribution in [-0.2, 0) is 11.2 Å². The number of carbonyl (C=O) groups excluding carboxylic acids is 1. The Morgan fingerprint density at radius 1 is 1.25 bits per heavy atom. The van der Waals surface area contributed by atoms with Crippen LogP contribution >= 0.6 is 23.6 Å². The molecule has 0 aliphatic rings. The Morgan fingerprint density at radius 2 is 1.96 bits per heavy atom. The highest BCUT2D eigenvalue weighted by molar-refractivity contribution is 7.80. The molecular formula is C18H22N2O2S2. The van der Waals surface area contributed by atoms with Gasteiger partial charge in [-0.2, -0.15) is 0 Å². The van der Waals surface area contributed by atoms with E-state index in [-0.39, 0.29) is 5.97 Å². The number of nitrogens with one attached hydrogen (secondary N) is 2. The number of hydrogen-bond acceptors (Lipinski definition) is 4. The monoisotopic (exact) mass is 362 g/mol. The van der Waals surface area contributed by atoms with Gasteiger partial charge in [-0.25, -0.2) is 4.79 Å². The van der Waals surface area contributed by atoms with Crippen molar-refractivity contribution in [2.75, 3.05) is 19.0 Å². The van der Waals surface area contributed by atoms with Gasteiger partial charge in [-0.3, -0.25) is 0 Å². The van der Waals surface area contributed by atoms with E-state index in [2.05, 4.69) is 22.8 Å². The number of aryl methyl sites for hydroxylation is 2. The number of carbonyl (C=O) groups is 1. The van der Waals surface area contributed by atoms with E-state index in [1.807, 2.05) is 32.0 Å². The summed E-state index contributed by atoms with van der Waals surface area (Å²) in [5, 5.41) is 7.57. The Labute approximate surface area is 152 Å². The van der Waals surface area contributed by atoms with Crippen LogP contribution in [0.1, 0.15) is 32.8 Å². The summed E-state index contributed by atoms with van der Waals surface area (Å²) < 4.78 is 4.86. The third-order valence-electron chi connectivity index (χ3n) is 3.77. The summed E-state index contributed by atoms with van der Waals surface area (Å²) in [5.74, 6) is -0.341. The highest BCUT2D eigenvalue weighted by Crippen LogP contribution is 2.32. The van der Waals surface area contributed by atoms with Crippen molar-refractivity contribution < 1.29 is 9.53 Å². The number of hydrogen-bond donors (Lipinski definition) is 2. The minimum Gasteiger partial charge on any atom is -0.465 e. The Hall–Kier alpha value is -1.92. The Balaban J connectivity index is 1.86. The van der Waals surface area contributed by atoms with Crippen molar-refractivity contribution in [3.05, 3.63) is 51.9 Å². The normalized spacial score (nSPS) is 10.3. The average Bonchev–Trinajstić information content (AvgIpc) is 2.86. The topological polar surface area (TPSA) is 50.4 Å². The number of methoxy groups -OCH3 is 1. The van der Waals surface area contributed by atoms with Gasteiger partial charge < -0.3 is 15.4 Å². The molecular weight excluding hydrogens is 340 g/mol. The van der Waals surface area contributed by atoms with Crippen LogP contribution in [0, 0.1) is 13.8 Å². The lowest BCUT2D eigenvalue weighted by atomic mass is 10.1. The van der Waals surface area contributed by atoms with E-state index in [1.165, 1.54) is 24.0 Å². The molecule has 0 fully saturated rings. The Morgan fingerprint density at radius 3 is 2.62 bits per heavy atom. The van der Waals surface area contributed by atoms with Crippen molar-refractivity contribution in [1.82, 2.24) is 5.32 Å². The first-order valence-electron chi connectivity index (χ1n) is 7.80. The van der Waals surface area contributed by atoms with Crippen LogP contribution in [0.2, 0.25) is 0 Å². The summed E-state index contributed by atoms with van der Waals surface area (Å²) in [7, 11) is 1.39. The minimum atomic E-state index is -0.341. The molecule has 0 amide bonds. The van der Waals surface area contributed by atoms with Crippen molar-refractivity contribution in [3.8, 4) is 0 Å². The van der Waals surface area contributed by atoms with Gasteiger partial charge in [-0.05, 0) is 50.0 Å². The minimum absolute atomic E-state index is 0.341. The molecule has 1 heterocycles. The number of anilines is 1. The molecule has 0 atom stereocenters. The predicted octanol–water partition coefficient (Wildman–Crippen LogP) is 4.07. The summed E-state index contributed by atoms with van der Waals surface area (Å²) in [6, 6.07) is 10.4. The highest BCUT2D eigenvalue weighted by atomic mass is 32.1. The van der Waals surface area contributed by atoms with E-state index in [9.17, 15) is 4.79 Å². The largest absolute Gasteiger partial charge is 0.465 e. The number of benzene rings is 1. The second-order valence-corrected chi connectivity index (χ2v) is 7.08. The maximum Gasteiger partial charge on any atom is 0.341 e. The molecule has 0 unspecified atom stereocenters. The van der Waals surface area contributed by atoms with Gasteiger partial charge in [0.15, 0.2) is 5.11 Å². The summed E-state index contributed by atoms with van der Waals surface area (Å²) in [5.41, 5.74) is 2.81. The number of thiocarbonyl (C=S) groups is 1. The third kappa shape index (κ3) is 4.79. The van der Waals surface area contributed by atoms with Crippen LogP contribution in [0.3, 0.4) is 0 Å². The first-order chi connectivity index (χ1) is 11.5.